The van der Waals surface area contributed by atoms with Gasteiger partial charge in [0.2, 0.25) is 0 Å². The summed E-state index contributed by atoms with van der Waals surface area (Å²) in [6.07, 6.45) is 8.33. The molecule has 2 rings (SSSR count). The Balaban J connectivity index is 0. The molecule has 1 heterocycles. The number of allylic oxidation sites excluding steroid dienone is 2. The van der Waals surface area contributed by atoms with Crippen LogP contribution in [0.5, 0.6) is 0 Å². The smallest absolute Gasteiger partial charge is 0.0341 e. The minimum Gasteiger partial charge on any atom is -0.299 e. The predicted molar refractivity (Wildman–Crippen MR) is 81.5 cm³/mol. The summed E-state index contributed by atoms with van der Waals surface area (Å²) in [6.45, 7) is 15.4. The molecular formula is C16H33N. The molecule has 2 aliphatic rings. The SMILES string of the molecule is CC.CC.CC.CC1=CC2CCN(C)C2C=C1. The molecule has 0 spiro atoms. The highest BCUT2D eigenvalue weighted by molar-refractivity contribution is 5.26. The summed E-state index contributed by atoms with van der Waals surface area (Å²) in [6, 6.07) is 0.693. The van der Waals surface area contributed by atoms with Gasteiger partial charge in [-0.05, 0) is 32.9 Å². The van der Waals surface area contributed by atoms with Crippen molar-refractivity contribution in [3.8, 4) is 0 Å². The molecule has 1 nitrogen and oxygen atoms in total. The first-order valence-corrected chi connectivity index (χ1v) is 7.34. The first-order chi connectivity index (χ1) is 8.27. The molecular weight excluding hydrogens is 206 g/mol. The predicted octanol–water partition coefficient (Wildman–Crippen LogP) is 4.90. The van der Waals surface area contributed by atoms with Crippen molar-refractivity contribution in [2.45, 2.75) is 60.9 Å². The number of likely N-dealkylation sites (N-methyl/N-ethyl adjacent to an activating group) is 1. The molecule has 1 fully saturated rings. The zero-order chi connectivity index (χ0) is 13.8. The molecule has 0 amide bonds. The van der Waals surface area contributed by atoms with E-state index in [0.29, 0.717) is 6.04 Å². The average molecular weight is 239 g/mol. The zero-order valence-corrected chi connectivity index (χ0v) is 13.2. The van der Waals surface area contributed by atoms with Gasteiger partial charge in [0.15, 0.2) is 0 Å². The molecule has 1 heteroatoms. The Morgan fingerprint density at radius 3 is 2.12 bits per heavy atom. The molecule has 0 aromatic carbocycles. The Morgan fingerprint density at radius 2 is 1.59 bits per heavy atom. The maximum Gasteiger partial charge on any atom is 0.0341 e. The van der Waals surface area contributed by atoms with Crippen molar-refractivity contribution in [1.29, 1.82) is 0 Å². The van der Waals surface area contributed by atoms with Gasteiger partial charge in [0.1, 0.15) is 0 Å². The van der Waals surface area contributed by atoms with Gasteiger partial charge in [-0.1, -0.05) is 65.3 Å². The lowest BCUT2D eigenvalue weighted by Gasteiger charge is -2.22. The van der Waals surface area contributed by atoms with Gasteiger partial charge in [-0.25, -0.2) is 0 Å². The molecule has 2 atom stereocenters. The van der Waals surface area contributed by atoms with Crippen molar-refractivity contribution in [3.63, 3.8) is 0 Å². The van der Waals surface area contributed by atoms with Gasteiger partial charge in [0, 0.05) is 6.04 Å². The molecule has 0 bridgehead atoms. The van der Waals surface area contributed by atoms with Crippen LogP contribution in [0, 0.1) is 5.92 Å². The highest BCUT2D eigenvalue weighted by atomic mass is 15.1. The number of hydrogen-bond donors (Lipinski definition) is 0. The van der Waals surface area contributed by atoms with E-state index in [0.717, 1.165) is 5.92 Å². The summed E-state index contributed by atoms with van der Waals surface area (Å²) in [7, 11) is 2.21. The van der Waals surface area contributed by atoms with Crippen molar-refractivity contribution >= 4 is 0 Å². The van der Waals surface area contributed by atoms with Crippen LogP contribution in [0.2, 0.25) is 0 Å². The molecule has 0 radical (unpaired) electrons. The lowest BCUT2D eigenvalue weighted by Crippen LogP contribution is -2.27. The quantitative estimate of drug-likeness (QED) is 0.581. The van der Waals surface area contributed by atoms with Gasteiger partial charge < -0.3 is 0 Å². The Hall–Kier alpha value is -0.560. The topological polar surface area (TPSA) is 3.24 Å². The Labute approximate surface area is 110 Å². The third-order valence-electron chi connectivity index (χ3n) is 2.80. The first kappa shape index (κ1) is 18.8. The van der Waals surface area contributed by atoms with Crippen LogP contribution in [-0.2, 0) is 0 Å². The van der Waals surface area contributed by atoms with E-state index in [2.05, 4.69) is 37.1 Å². The van der Waals surface area contributed by atoms with Crippen LogP contribution in [0.1, 0.15) is 54.9 Å². The van der Waals surface area contributed by atoms with Crippen molar-refractivity contribution in [2.24, 2.45) is 5.92 Å². The number of hydrogen-bond acceptors (Lipinski definition) is 1. The van der Waals surface area contributed by atoms with Crippen molar-refractivity contribution in [3.05, 3.63) is 23.8 Å². The van der Waals surface area contributed by atoms with E-state index in [1.807, 2.05) is 41.5 Å². The lowest BCUT2D eigenvalue weighted by atomic mass is 9.93. The lowest BCUT2D eigenvalue weighted by molar-refractivity contribution is 0.338. The van der Waals surface area contributed by atoms with Crippen molar-refractivity contribution < 1.29 is 0 Å². The van der Waals surface area contributed by atoms with Crippen molar-refractivity contribution in [2.75, 3.05) is 13.6 Å². The summed E-state index contributed by atoms with van der Waals surface area (Å²) in [5.74, 6) is 0.796. The number of rotatable bonds is 0. The largest absolute Gasteiger partial charge is 0.299 e. The highest BCUT2D eigenvalue weighted by Gasteiger charge is 2.29. The average Bonchev–Trinajstić information content (AvgIpc) is 2.78. The van der Waals surface area contributed by atoms with Crippen LogP contribution in [0.15, 0.2) is 23.8 Å². The van der Waals surface area contributed by atoms with Crippen LogP contribution < -0.4 is 0 Å². The van der Waals surface area contributed by atoms with E-state index in [4.69, 9.17) is 0 Å². The van der Waals surface area contributed by atoms with Crippen LogP contribution in [0.25, 0.3) is 0 Å². The van der Waals surface area contributed by atoms with Gasteiger partial charge in [-0.3, -0.25) is 4.90 Å². The summed E-state index contributed by atoms with van der Waals surface area (Å²) in [5.41, 5.74) is 1.43. The summed E-state index contributed by atoms with van der Waals surface area (Å²) < 4.78 is 0. The van der Waals surface area contributed by atoms with Gasteiger partial charge in [-0.2, -0.15) is 0 Å². The highest BCUT2D eigenvalue weighted by Crippen LogP contribution is 2.29. The molecule has 0 saturated carbocycles. The van der Waals surface area contributed by atoms with E-state index in [1.165, 1.54) is 18.5 Å². The van der Waals surface area contributed by atoms with E-state index in [9.17, 15) is 0 Å². The maximum atomic E-state index is 2.43. The van der Waals surface area contributed by atoms with E-state index in [-0.39, 0.29) is 0 Å². The summed E-state index contributed by atoms with van der Waals surface area (Å²) in [4.78, 5) is 2.43. The third-order valence-corrected chi connectivity index (χ3v) is 2.80. The molecule has 17 heavy (non-hydrogen) atoms. The normalized spacial score (nSPS) is 25.1. The molecule has 1 saturated heterocycles. The van der Waals surface area contributed by atoms with Gasteiger partial charge in [-0.15, -0.1) is 0 Å². The Morgan fingerprint density at radius 1 is 1.06 bits per heavy atom. The van der Waals surface area contributed by atoms with Crippen molar-refractivity contribution in [1.82, 2.24) is 4.90 Å². The maximum absolute atomic E-state index is 2.43. The number of fused-ring (bicyclic) bond motifs is 1. The van der Waals surface area contributed by atoms with Crippen LogP contribution in [-0.4, -0.2) is 24.5 Å². The second-order valence-electron chi connectivity index (χ2n) is 3.69. The number of nitrogens with zero attached hydrogens (tertiary/aromatic N) is 1. The number of likely N-dealkylation sites (tertiary alicyclic amines) is 1. The fourth-order valence-electron chi connectivity index (χ4n) is 2.11. The van der Waals surface area contributed by atoms with E-state index >= 15 is 0 Å². The minimum absolute atomic E-state index is 0.693. The molecule has 2 unspecified atom stereocenters. The Bertz CT molecular complexity index is 216. The second-order valence-corrected chi connectivity index (χ2v) is 3.69. The first-order valence-electron chi connectivity index (χ1n) is 7.34. The molecule has 1 aliphatic heterocycles. The van der Waals surface area contributed by atoms with E-state index < -0.39 is 0 Å². The fraction of sp³-hybridized carbons (Fsp3) is 0.750. The van der Waals surface area contributed by atoms with Crippen LogP contribution in [0.3, 0.4) is 0 Å². The molecule has 0 aromatic heterocycles. The van der Waals surface area contributed by atoms with Crippen LogP contribution in [0.4, 0.5) is 0 Å². The monoisotopic (exact) mass is 239 g/mol. The van der Waals surface area contributed by atoms with Gasteiger partial charge in [0.05, 0.1) is 0 Å². The zero-order valence-electron chi connectivity index (χ0n) is 13.2. The summed E-state index contributed by atoms with van der Waals surface area (Å²) >= 11 is 0. The Kier molecular flexibility index (Phi) is 13.2. The van der Waals surface area contributed by atoms with E-state index in [1.54, 1.807) is 0 Å². The molecule has 102 valence electrons. The van der Waals surface area contributed by atoms with Crippen LogP contribution >= 0.6 is 0 Å². The minimum atomic E-state index is 0.693. The second kappa shape index (κ2) is 11.9. The molecule has 0 aromatic rings. The standard InChI is InChI=1S/C10H15N.3C2H6/c1-8-3-4-10-9(7-8)5-6-11(10)2;3*1-2/h3-4,7,9-10H,5-6H2,1-2H3;3*1-2H3. The molecule has 1 aliphatic carbocycles. The molecule has 0 N–H and O–H groups in total. The van der Waals surface area contributed by atoms with Gasteiger partial charge in [0.25, 0.3) is 0 Å². The fourth-order valence-corrected chi connectivity index (χ4v) is 2.11. The third kappa shape index (κ3) is 6.07. The summed E-state index contributed by atoms with van der Waals surface area (Å²) in [5, 5.41) is 0. The van der Waals surface area contributed by atoms with Gasteiger partial charge >= 0.3 is 0 Å².